The summed E-state index contributed by atoms with van der Waals surface area (Å²) in [6.45, 7) is 5.48. The third-order valence-corrected chi connectivity index (χ3v) is 5.24. The molecular formula is C20H23F3N4O. The van der Waals surface area contributed by atoms with Crippen LogP contribution in [0.25, 0.3) is 0 Å². The number of hydroxylamine groups is 1. The van der Waals surface area contributed by atoms with E-state index in [9.17, 15) is 13.2 Å². The summed E-state index contributed by atoms with van der Waals surface area (Å²) in [5.74, 6) is 0.822. The fraction of sp³-hybridized carbons (Fsp3) is 0.400. The standard InChI is InChI=1S/C20H23F3N4O/c21-20(22,23)16-4-3-5-17(14-16)26-11-8-25(9-12-26)10-13-27-15-24-28-19-7-2-1-6-18(19)27/h1-7,14,24H,8-13,15H2. The molecular weight excluding hydrogens is 369 g/mol. The monoisotopic (exact) mass is 392 g/mol. The second-order valence-electron chi connectivity index (χ2n) is 7.01. The summed E-state index contributed by atoms with van der Waals surface area (Å²) in [4.78, 5) is 12.1. The van der Waals surface area contributed by atoms with E-state index < -0.39 is 11.7 Å². The van der Waals surface area contributed by atoms with E-state index in [1.54, 1.807) is 6.07 Å². The number of anilines is 2. The molecule has 150 valence electrons. The highest BCUT2D eigenvalue weighted by Gasteiger charge is 2.31. The van der Waals surface area contributed by atoms with Gasteiger partial charge in [0.05, 0.1) is 11.3 Å². The molecule has 2 heterocycles. The van der Waals surface area contributed by atoms with E-state index in [0.29, 0.717) is 12.4 Å². The number of hydrogen-bond acceptors (Lipinski definition) is 5. The Morgan fingerprint density at radius 1 is 0.929 bits per heavy atom. The SMILES string of the molecule is FC(F)(F)c1cccc(N2CCN(CCN3CNOc4ccccc43)CC2)c1. The zero-order chi connectivity index (χ0) is 19.6. The Bertz CT molecular complexity index is 806. The molecule has 1 saturated heterocycles. The lowest BCUT2D eigenvalue weighted by molar-refractivity contribution is -0.137. The molecule has 1 N–H and O–H groups in total. The minimum Gasteiger partial charge on any atom is -0.405 e. The molecule has 4 rings (SSSR count). The molecule has 2 aromatic carbocycles. The number of rotatable bonds is 4. The zero-order valence-electron chi connectivity index (χ0n) is 15.5. The number of piperazine rings is 1. The molecule has 0 saturated carbocycles. The average Bonchev–Trinajstić information content (AvgIpc) is 2.72. The molecule has 5 nitrogen and oxygen atoms in total. The summed E-state index contributed by atoms with van der Waals surface area (Å²) in [6, 6.07) is 13.5. The van der Waals surface area contributed by atoms with Gasteiger partial charge in [-0.2, -0.15) is 13.2 Å². The molecule has 2 aromatic rings. The molecule has 0 unspecified atom stereocenters. The third-order valence-electron chi connectivity index (χ3n) is 5.24. The summed E-state index contributed by atoms with van der Waals surface area (Å²) in [7, 11) is 0. The van der Waals surface area contributed by atoms with Crippen molar-refractivity contribution < 1.29 is 18.0 Å². The number of hydrogen-bond donors (Lipinski definition) is 1. The Morgan fingerprint density at radius 3 is 2.50 bits per heavy atom. The van der Waals surface area contributed by atoms with Gasteiger partial charge in [0, 0.05) is 45.0 Å². The molecule has 0 spiro atoms. The first-order chi connectivity index (χ1) is 13.5. The van der Waals surface area contributed by atoms with Crippen molar-refractivity contribution in [3.05, 3.63) is 54.1 Å². The van der Waals surface area contributed by atoms with Crippen LogP contribution in [-0.4, -0.2) is 50.8 Å². The Labute approximate surface area is 162 Å². The van der Waals surface area contributed by atoms with Gasteiger partial charge in [0.25, 0.3) is 0 Å². The highest BCUT2D eigenvalue weighted by molar-refractivity contribution is 5.59. The van der Waals surface area contributed by atoms with Gasteiger partial charge in [0.15, 0.2) is 5.75 Å². The maximum atomic E-state index is 12.9. The van der Waals surface area contributed by atoms with Gasteiger partial charge in [0.2, 0.25) is 0 Å². The number of alkyl halides is 3. The molecule has 2 aliphatic rings. The molecule has 28 heavy (non-hydrogen) atoms. The Balaban J connectivity index is 1.31. The summed E-state index contributed by atoms with van der Waals surface area (Å²) >= 11 is 0. The molecule has 0 amide bonds. The van der Waals surface area contributed by atoms with Crippen molar-refractivity contribution in [1.29, 1.82) is 0 Å². The molecule has 0 bridgehead atoms. The van der Waals surface area contributed by atoms with Crippen LogP contribution in [-0.2, 0) is 6.18 Å². The maximum absolute atomic E-state index is 12.9. The first kappa shape index (κ1) is 18.9. The first-order valence-electron chi connectivity index (χ1n) is 9.39. The largest absolute Gasteiger partial charge is 0.416 e. The van der Waals surface area contributed by atoms with Crippen molar-refractivity contribution in [1.82, 2.24) is 10.4 Å². The van der Waals surface area contributed by atoms with Crippen molar-refractivity contribution in [2.24, 2.45) is 0 Å². The number of nitrogens with zero attached hydrogens (tertiary/aromatic N) is 3. The Kier molecular flexibility index (Phi) is 5.32. The smallest absolute Gasteiger partial charge is 0.405 e. The van der Waals surface area contributed by atoms with Crippen LogP contribution in [0.1, 0.15) is 5.56 Å². The minimum atomic E-state index is -4.31. The number of benzene rings is 2. The van der Waals surface area contributed by atoms with Gasteiger partial charge < -0.3 is 14.6 Å². The number of halogens is 3. The van der Waals surface area contributed by atoms with Crippen LogP contribution in [0.4, 0.5) is 24.5 Å². The van der Waals surface area contributed by atoms with Gasteiger partial charge >= 0.3 is 6.18 Å². The van der Waals surface area contributed by atoms with Gasteiger partial charge in [-0.25, -0.2) is 0 Å². The lowest BCUT2D eigenvalue weighted by atomic mass is 10.1. The van der Waals surface area contributed by atoms with Crippen LogP contribution in [0.3, 0.4) is 0 Å². The van der Waals surface area contributed by atoms with E-state index in [-0.39, 0.29) is 0 Å². The number of nitrogens with one attached hydrogen (secondary N) is 1. The van der Waals surface area contributed by atoms with Crippen LogP contribution in [0.2, 0.25) is 0 Å². The van der Waals surface area contributed by atoms with Gasteiger partial charge in [-0.05, 0) is 30.3 Å². The van der Waals surface area contributed by atoms with E-state index in [1.807, 2.05) is 29.2 Å². The average molecular weight is 392 g/mol. The molecule has 0 radical (unpaired) electrons. The zero-order valence-corrected chi connectivity index (χ0v) is 15.5. The second-order valence-corrected chi connectivity index (χ2v) is 7.01. The molecule has 2 aliphatic heterocycles. The topological polar surface area (TPSA) is 31.0 Å². The van der Waals surface area contributed by atoms with Crippen LogP contribution >= 0.6 is 0 Å². The van der Waals surface area contributed by atoms with Crippen LogP contribution in [0, 0.1) is 0 Å². The van der Waals surface area contributed by atoms with Gasteiger partial charge in [-0.3, -0.25) is 4.90 Å². The van der Waals surface area contributed by atoms with Gasteiger partial charge in [-0.15, -0.1) is 5.48 Å². The summed E-state index contributed by atoms with van der Waals surface area (Å²) in [5.41, 5.74) is 4.05. The van der Waals surface area contributed by atoms with E-state index in [1.165, 1.54) is 12.1 Å². The molecule has 0 atom stereocenters. The van der Waals surface area contributed by atoms with Crippen molar-refractivity contribution in [2.45, 2.75) is 6.18 Å². The van der Waals surface area contributed by atoms with Crippen molar-refractivity contribution >= 4 is 11.4 Å². The number of fused-ring (bicyclic) bond motifs is 1. The van der Waals surface area contributed by atoms with Crippen molar-refractivity contribution in [2.75, 3.05) is 55.7 Å². The molecule has 8 heteroatoms. The van der Waals surface area contributed by atoms with Gasteiger partial charge in [0.1, 0.15) is 6.67 Å². The Hall–Kier alpha value is -2.45. The minimum absolute atomic E-state index is 0.592. The molecule has 1 fully saturated rings. The van der Waals surface area contributed by atoms with E-state index in [2.05, 4.69) is 15.3 Å². The quantitative estimate of drug-likeness (QED) is 0.864. The van der Waals surface area contributed by atoms with E-state index >= 15 is 0 Å². The lowest BCUT2D eigenvalue weighted by Gasteiger charge is -2.38. The Morgan fingerprint density at radius 2 is 1.71 bits per heavy atom. The summed E-state index contributed by atoms with van der Waals surface area (Å²) < 4.78 is 38.8. The van der Waals surface area contributed by atoms with Crippen LogP contribution in [0.15, 0.2) is 48.5 Å². The lowest BCUT2D eigenvalue weighted by Crippen LogP contribution is -2.50. The predicted octanol–water partition coefficient (Wildman–Crippen LogP) is 3.19. The predicted molar refractivity (Wildman–Crippen MR) is 103 cm³/mol. The van der Waals surface area contributed by atoms with E-state index in [4.69, 9.17) is 4.84 Å². The summed E-state index contributed by atoms with van der Waals surface area (Å²) in [5, 5.41) is 0. The highest BCUT2D eigenvalue weighted by Crippen LogP contribution is 2.32. The maximum Gasteiger partial charge on any atom is 0.416 e. The fourth-order valence-electron chi connectivity index (χ4n) is 3.65. The van der Waals surface area contributed by atoms with Gasteiger partial charge in [-0.1, -0.05) is 18.2 Å². The van der Waals surface area contributed by atoms with Crippen LogP contribution < -0.4 is 20.1 Å². The molecule has 0 aromatic heterocycles. The van der Waals surface area contributed by atoms with E-state index in [0.717, 1.165) is 56.8 Å². The number of para-hydroxylation sites is 2. The molecule has 0 aliphatic carbocycles. The van der Waals surface area contributed by atoms with Crippen molar-refractivity contribution in [3.63, 3.8) is 0 Å². The normalized spacial score (nSPS) is 18.0. The third kappa shape index (κ3) is 4.18. The van der Waals surface area contributed by atoms with Crippen molar-refractivity contribution in [3.8, 4) is 5.75 Å². The van der Waals surface area contributed by atoms with Crippen LogP contribution in [0.5, 0.6) is 5.75 Å². The fourth-order valence-corrected chi connectivity index (χ4v) is 3.65. The second kappa shape index (κ2) is 7.89. The highest BCUT2D eigenvalue weighted by atomic mass is 19.4. The summed E-state index contributed by atoms with van der Waals surface area (Å²) in [6.07, 6.45) is -4.31. The first-order valence-corrected chi connectivity index (χ1v) is 9.39.